The Labute approximate surface area is 77.6 Å². The number of aromatic carboxylic acids is 1. The maximum atomic E-state index is 11.0. The van der Waals surface area contributed by atoms with Crippen LogP contribution in [0.1, 0.15) is 16.2 Å². The third-order valence-electron chi connectivity index (χ3n) is 1.42. The minimum atomic E-state index is -1.37. The van der Waals surface area contributed by atoms with Crippen LogP contribution in [0.4, 0.5) is 0 Å². The number of aromatic amines is 1. The predicted octanol–water partition coefficient (Wildman–Crippen LogP) is -1.50. The molecule has 0 fully saturated rings. The van der Waals surface area contributed by atoms with Gasteiger partial charge in [0.1, 0.15) is 11.4 Å². The summed E-state index contributed by atoms with van der Waals surface area (Å²) in [6.45, 7) is 0. The fraction of sp³-hybridized carbons (Fsp3) is 0.143. The average Bonchev–Trinajstić information content (AvgIpc) is 2.01. The number of amides is 1. The standard InChI is InChI=1S/C7H7N3O4/c8-4(11)1-5-9-2-3(7(13)14)6(12)10-5/h2H,1H2,(H2,8,11)(H,13,14)(H,9,10,12). The van der Waals surface area contributed by atoms with Crippen molar-refractivity contribution in [3.63, 3.8) is 0 Å². The summed E-state index contributed by atoms with van der Waals surface area (Å²) >= 11 is 0. The quantitative estimate of drug-likeness (QED) is 0.543. The summed E-state index contributed by atoms with van der Waals surface area (Å²) in [5, 5.41) is 8.49. The number of carboxylic acid groups (broad SMARTS) is 1. The van der Waals surface area contributed by atoms with Gasteiger partial charge >= 0.3 is 5.97 Å². The van der Waals surface area contributed by atoms with E-state index in [4.69, 9.17) is 10.8 Å². The highest BCUT2D eigenvalue weighted by atomic mass is 16.4. The Morgan fingerprint density at radius 2 is 2.21 bits per heavy atom. The summed E-state index contributed by atoms with van der Waals surface area (Å²) in [6, 6.07) is 0. The Morgan fingerprint density at radius 3 is 2.64 bits per heavy atom. The first-order valence-electron chi connectivity index (χ1n) is 3.60. The first kappa shape index (κ1) is 9.90. The lowest BCUT2D eigenvalue weighted by Crippen LogP contribution is -2.23. The number of hydrogen-bond acceptors (Lipinski definition) is 4. The first-order chi connectivity index (χ1) is 6.50. The smallest absolute Gasteiger partial charge is 0.342 e. The number of H-pyrrole nitrogens is 1. The number of nitrogens with zero attached hydrogens (tertiary/aromatic N) is 1. The van der Waals surface area contributed by atoms with Gasteiger partial charge in [0.25, 0.3) is 5.56 Å². The largest absolute Gasteiger partial charge is 0.477 e. The number of rotatable bonds is 3. The molecule has 1 amide bonds. The molecule has 0 aliphatic rings. The minimum Gasteiger partial charge on any atom is -0.477 e. The molecule has 0 bridgehead atoms. The van der Waals surface area contributed by atoms with Crippen LogP contribution in [0.2, 0.25) is 0 Å². The number of aromatic nitrogens is 2. The molecule has 0 aliphatic carbocycles. The number of hydrogen-bond donors (Lipinski definition) is 3. The number of carboxylic acids is 1. The van der Waals surface area contributed by atoms with Gasteiger partial charge in [0.05, 0.1) is 6.42 Å². The molecule has 0 spiro atoms. The van der Waals surface area contributed by atoms with Crippen molar-refractivity contribution >= 4 is 11.9 Å². The van der Waals surface area contributed by atoms with E-state index in [1.165, 1.54) is 0 Å². The van der Waals surface area contributed by atoms with Gasteiger partial charge in [-0.05, 0) is 0 Å². The van der Waals surface area contributed by atoms with E-state index < -0.39 is 23.0 Å². The van der Waals surface area contributed by atoms with Crippen LogP contribution in [0.5, 0.6) is 0 Å². The third-order valence-corrected chi connectivity index (χ3v) is 1.42. The zero-order chi connectivity index (χ0) is 10.7. The van der Waals surface area contributed by atoms with E-state index in [1.807, 2.05) is 0 Å². The van der Waals surface area contributed by atoms with Crippen molar-refractivity contribution in [1.82, 2.24) is 9.97 Å². The Kier molecular flexibility index (Phi) is 2.61. The van der Waals surface area contributed by atoms with E-state index in [0.29, 0.717) is 0 Å². The van der Waals surface area contributed by atoms with Crippen LogP contribution in [-0.4, -0.2) is 27.0 Å². The second-order valence-electron chi connectivity index (χ2n) is 2.52. The monoisotopic (exact) mass is 197 g/mol. The topological polar surface area (TPSA) is 126 Å². The molecule has 7 heteroatoms. The van der Waals surface area contributed by atoms with Crippen LogP contribution < -0.4 is 11.3 Å². The van der Waals surface area contributed by atoms with Gasteiger partial charge < -0.3 is 15.8 Å². The SMILES string of the molecule is NC(=O)Cc1ncc(C(=O)O)c(=O)[nH]1. The third kappa shape index (κ3) is 2.16. The number of nitrogens with one attached hydrogen (secondary N) is 1. The van der Waals surface area contributed by atoms with E-state index in [-0.39, 0.29) is 12.2 Å². The predicted molar refractivity (Wildman–Crippen MR) is 44.7 cm³/mol. The highest BCUT2D eigenvalue weighted by Gasteiger charge is 2.10. The minimum absolute atomic E-state index is 0.0486. The number of nitrogens with two attached hydrogens (primary N) is 1. The van der Waals surface area contributed by atoms with Crippen molar-refractivity contribution in [3.05, 3.63) is 27.9 Å². The van der Waals surface area contributed by atoms with E-state index >= 15 is 0 Å². The maximum Gasteiger partial charge on any atom is 0.342 e. The van der Waals surface area contributed by atoms with Gasteiger partial charge in [-0.1, -0.05) is 0 Å². The molecule has 1 aromatic rings. The molecule has 7 nitrogen and oxygen atoms in total. The van der Waals surface area contributed by atoms with Gasteiger partial charge in [0.2, 0.25) is 5.91 Å². The van der Waals surface area contributed by atoms with Crippen molar-refractivity contribution in [2.75, 3.05) is 0 Å². The molecule has 0 aromatic carbocycles. The lowest BCUT2D eigenvalue weighted by molar-refractivity contribution is -0.117. The van der Waals surface area contributed by atoms with Crippen molar-refractivity contribution in [1.29, 1.82) is 0 Å². The summed E-state index contributed by atoms with van der Waals surface area (Å²) in [6.07, 6.45) is 0.661. The van der Waals surface area contributed by atoms with E-state index in [1.54, 1.807) is 0 Å². The summed E-state index contributed by atoms with van der Waals surface area (Å²) < 4.78 is 0. The molecule has 74 valence electrons. The van der Waals surface area contributed by atoms with Gasteiger partial charge in [0, 0.05) is 6.20 Å². The number of primary amides is 1. The molecule has 4 N–H and O–H groups in total. The fourth-order valence-electron chi connectivity index (χ4n) is 0.839. The molecule has 0 atom stereocenters. The summed E-state index contributed by atoms with van der Waals surface area (Å²) in [5.41, 5.74) is 3.58. The van der Waals surface area contributed by atoms with Crippen LogP contribution in [0.25, 0.3) is 0 Å². The Balaban J connectivity index is 3.07. The van der Waals surface area contributed by atoms with Crippen molar-refractivity contribution < 1.29 is 14.7 Å². The van der Waals surface area contributed by atoms with E-state index in [2.05, 4.69) is 9.97 Å². The van der Waals surface area contributed by atoms with Crippen LogP contribution in [0, 0.1) is 0 Å². The van der Waals surface area contributed by atoms with E-state index in [0.717, 1.165) is 6.20 Å². The second kappa shape index (κ2) is 3.69. The molecule has 0 radical (unpaired) electrons. The van der Waals surface area contributed by atoms with Crippen molar-refractivity contribution in [3.8, 4) is 0 Å². The molecule has 0 saturated carbocycles. The summed E-state index contributed by atoms with van der Waals surface area (Å²) in [7, 11) is 0. The molecule has 1 heterocycles. The Morgan fingerprint density at radius 1 is 1.57 bits per heavy atom. The zero-order valence-electron chi connectivity index (χ0n) is 6.98. The van der Waals surface area contributed by atoms with Gasteiger partial charge in [-0.15, -0.1) is 0 Å². The van der Waals surface area contributed by atoms with Crippen LogP contribution in [-0.2, 0) is 11.2 Å². The first-order valence-corrected chi connectivity index (χ1v) is 3.60. The summed E-state index contributed by atoms with van der Waals surface area (Å²) in [4.78, 5) is 37.6. The van der Waals surface area contributed by atoms with Gasteiger partial charge in [0.15, 0.2) is 0 Å². The number of carbonyl (C=O) groups excluding carboxylic acids is 1. The Hall–Kier alpha value is -2.18. The molecule has 14 heavy (non-hydrogen) atoms. The molecule has 1 rings (SSSR count). The Bertz CT molecular complexity index is 437. The highest BCUT2D eigenvalue weighted by Crippen LogP contribution is 1.90. The van der Waals surface area contributed by atoms with Crippen molar-refractivity contribution in [2.45, 2.75) is 6.42 Å². The maximum absolute atomic E-state index is 11.0. The van der Waals surface area contributed by atoms with Gasteiger partial charge in [-0.25, -0.2) is 9.78 Å². The van der Waals surface area contributed by atoms with E-state index in [9.17, 15) is 14.4 Å². The fourth-order valence-corrected chi connectivity index (χ4v) is 0.839. The zero-order valence-corrected chi connectivity index (χ0v) is 6.98. The van der Waals surface area contributed by atoms with Crippen LogP contribution in [0.15, 0.2) is 11.0 Å². The molecule has 1 aromatic heterocycles. The van der Waals surface area contributed by atoms with Crippen LogP contribution >= 0.6 is 0 Å². The summed E-state index contributed by atoms with van der Waals surface area (Å²) in [5.74, 6) is -1.98. The highest BCUT2D eigenvalue weighted by molar-refractivity contribution is 5.86. The number of carbonyl (C=O) groups is 2. The van der Waals surface area contributed by atoms with Crippen molar-refractivity contribution in [2.24, 2.45) is 5.73 Å². The molecule has 0 aliphatic heterocycles. The molecule has 0 saturated heterocycles. The molecular formula is C7H7N3O4. The molecular weight excluding hydrogens is 190 g/mol. The second-order valence-corrected chi connectivity index (χ2v) is 2.52. The van der Waals surface area contributed by atoms with Gasteiger partial charge in [-0.2, -0.15) is 0 Å². The van der Waals surface area contributed by atoms with Gasteiger partial charge in [-0.3, -0.25) is 9.59 Å². The molecule has 0 unspecified atom stereocenters. The lowest BCUT2D eigenvalue weighted by Gasteiger charge is -1.97. The van der Waals surface area contributed by atoms with Crippen LogP contribution in [0.3, 0.4) is 0 Å². The lowest BCUT2D eigenvalue weighted by atomic mass is 10.3. The average molecular weight is 197 g/mol. The normalized spacial score (nSPS) is 9.71.